The van der Waals surface area contributed by atoms with Gasteiger partial charge in [-0.25, -0.2) is 0 Å². The first kappa shape index (κ1) is 16.1. The molecule has 5 nitrogen and oxygen atoms in total. The highest BCUT2D eigenvalue weighted by Gasteiger charge is 2.38. The fraction of sp³-hybridized carbons (Fsp3) is 0.632. The quantitative estimate of drug-likeness (QED) is 0.882. The highest BCUT2D eigenvalue weighted by Crippen LogP contribution is 2.24. The Bertz CT molecular complexity index is 613. The number of morpholine rings is 1. The van der Waals surface area contributed by atoms with Crippen LogP contribution < -0.4 is 0 Å². The number of carbonyl (C=O) groups excluding carboxylic acids is 1. The third kappa shape index (κ3) is 3.08. The molecule has 2 fully saturated rings. The number of aliphatic hydroxyl groups is 1. The van der Waals surface area contributed by atoms with Crippen LogP contribution >= 0.6 is 0 Å². The van der Waals surface area contributed by atoms with Crippen LogP contribution in [0.15, 0.2) is 18.2 Å². The Morgan fingerprint density at radius 3 is 2.62 bits per heavy atom. The topological polar surface area (TPSA) is 53.0 Å². The van der Waals surface area contributed by atoms with Crippen molar-refractivity contribution < 1.29 is 14.6 Å². The Morgan fingerprint density at radius 2 is 1.83 bits per heavy atom. The van der Waals surface area contributed by atoms with Crippen molar-refractivity contribution in [2.75, 3.05) is 39.4 Å². The van der Waals surface area contributed by atoms with Crippen molar-refractivity contribution in [1.82, 2.24) is 9.80 Å². The number of ether oxygens (including phenoxy) is 1. The first-order valence-corrected chi connectivity index (χ1v) is 9.13. The smallest absolute Gasteiger partial charge is 0.254 e. The number of rotatable bonds is 2. The van der Waals surface area contributed by atoms with Crippen molar-refractivity contribution >= 4 is 5.91 Å². The summed E-state index contributed by atoms with van der Waals surface area (Å²) < 4.78 is 5.39. The molecule has 1 aromatic rings. The number of carbonyl (C=O) groups is 1. The van der Waals surface area contributed by atoms with Crippen molar-refractivity contribution in [2.24, 2.45) is 0 Å². The lowest BCUT2D eigenvalue weighted by Gasteiger charge is -2.33. The summed E-state index contributed by atoms with van der Waals surface area (Å²) in [7, 11) is 0. The van der Waals surface area contributed by atoms with Crippen LogP contribution in [-0.2, 0) is 17.6 Å². The number of amides is 1. The number of likely N-dealkylation sites (tertiary alicyclic amines) is 1. The molecule has 1 aromatic carbocycles. The van der Waals surface area contributed by atoms with Crippen LogP contribution in [-0.4, -0.2) is 72.4 Å². The second kappa shape index (κ2) is 6.82. The first-order valence-electron chi connectivity index (χ1n) is 9.13. The van der Waals surface area contributed by atoms with Gasteiger partial charge >= 0.3 is 0 Å². The highest BCUT2D eigenvalue weighted by molar-refractivity contribution is 5.94. The summed E-state index contributed by atoms with van der Waals surface area (Å²) in [6, 6.07) is 6.19. The van der Waals surface area contributed by atoms with Crippen LogP contribution in [0.3, 0.4) is 0 Å². The maximum atomic E-state index is 12.9. The Morgan fingerprint density at radius 1 is 1.08 bits per heavy atom. The molecule has 130 valence electrons. The van der Waals surface area contributed by atoms with E-state index in [1.807, 2.05) is 11.0 Å². The Balaban J connectivity index is 1.47. The molecule has 1 amide bonds. The van der Waals surface area contributed by atoms with E-state index in [2.05, 4.69) is 17.0 Å². The Hall–Kier alpha value is -1.43. The number of aryl methyl sites for hydroxylation is 2. The van der Waals surface area contributed by atoms with Crippen molar-refractivity contribution in [3.63, 3.8) is 0 Å². The first-order chi connectivity index (χ1) is 11.7. The molecule has 2 atom stereocenters. The molecule has 3 aliphatic rings. The molecular weight excluding hydrogens is 304 g/mol. The molecule has 4 rings (SSSR count). The second-order valence-electron chi connectivity index (χ2n) is 7.18. The molecule has 0 unspecified atom stereocenters. The molecule has 0 spiro atoms. The van der Waals surface area contributed by atoms with Gasteiger partial charge in [0.05, 0.1) is 25.4 Å². The van der Waals surface area contributed by atoms with Crippen LogP contribution in [0.2, 0.25) is 0 Å². The largest absolute Gasteiger partial charge is 0.390 e. The van der Waals surface area contributed by atoms with E-state index in [4.69, 9.17) is 4.74 Å². The third-order valence-electron chi connectivity index (χ3n) is 5.66. The van der Waals surface area contributed by atoms with Crippen molar-refractivity contribution in [3.8, 4) is 0 Å². The van der Waals surface area contributed by atoms with Gasteiger partial charge in [-0.15, -0.1) is 0 Å². The van der Waals surface area contributed by atoms with Crippen LogP contribution in [0.5, 0.6) is 0 Å². The second-order valence-corrected chi connectivity index (χ2v) is 7.18. The zero-order valence-electron chi connectivity index (χ0n) is 14.1. The van der Waals surface area contributed by atoms with Gasteiger partial charge in [-0.2, -0.15) is 0 Å². The van der Waals surface area contributed by atoms with E-state index in [1.165, 1.54) is 24.0 Å². The van der Waals surface area contributed by atoms with Gasteiger partial charge in [-0.05, 0) is 48.9 Å². The lowest BCUT2D eigenvalue weighted by Crippen LogP contribution is -2.49. The summed E-state index contributed by atoms with van der Waals surface area (Å²) >= 11 is 0. The summed E-state index contributed by atoms with van der Waals surface area (Å²) in [6.07, 6.45) is 4.21. The van der Waals surface area contributed by atoms with Gasteiger partial charge in [-0.3, -0.25) is 9.69 Å². The van der Waals surface area contributed by atoms with Crippen LogP contribution in [0.25, 0.3) is 0 Å². The summed E-state index contributed by atoms with van der Waals surface area (Å²) in [5, 5.41) is 10.4. The van der Waals surface area contributed by atoms with Gasteiger partial charge in [0.1, 0.15) is 0 Å². The van der Waals surface area contributed by atoms with E-state index in [0.29, 0.717) is 26.3 Å². The number of nitrogens with zero attached hydrogens (tertiary/aromatic N) is 2. The molecular formula is C19H26N2O3. The zero-order valence-corrected chi connectivity index (χ0v) is 14.1. The number of fused-ring (bicyclic) bond motifs is 1. The van der Waals surface area contributed by atoms with Gasteiger partial charge in [0.25, 0.3) is 5.91 Å². The van der Waals surface area contributed by atoms with Gasteiger partial charge in [0, 0.05) is 31.7 Å². The average Bonchev–Trinajstić information content (AvgIpc) is 3.03. The van der Waals surface area contributed by atoms with Gasteiger partial charge in [0.2, 0.25) is 0 Å². The Kier molecular flexibility index (Phi) is 4.57. The zero-order chi connectivity index (χ0) is 16.5. The normalized spacial score (nSPS) is 28.0. The number of aliphatic hydroxyl groups excluding tert-OH is 1. The van der Waals surface area contributed by atoms with E-state index >= 15 is 0 Å². The van der Waals surface area contributed by atoms with Gasteiger partial charge < -0.3 is 14.7 Å². The van der Waals surface area contributed by atoms with E-state index in [1.54, 1.807) is 0 Å². The Labute approximate surface area is 143 Å². The van der Waals surface area contributed by atoms with Crippen LogP contribution in [0.1, 0.15) is 34.3 Å². The molecule has 0 aromatic heterocycles. The molecule has 2 heterocycles. The van der Waals surface area contributed by atoms with Gasteiger partial charge in [0.15, 0.2) is 0 Å². The maximum absolute atomic E-state index is 12.9. The lowest BCUT2D eigenvalue weighted by atomic mass is 9.90. The summed E-state index contributed by atoms with van der Waals surface area (Å²) in [4.78, 5) is 17.0. The standard InChI is InChI=1S/C19H26N2O3/c22-18-13-21(12-17(18)20-7-9-24-10-8-20)19(23)16-6-5-14-3-1-2-4-15(14)11-16/h5-6,11,17-18,22H,1-4,7-10,12-13H2/t17-,18-/m1/s1. The SMILES string of the molecule is O=C(c1ccc2c(c1)CCCC2)N1C[C@@H](O)[C@H](N2CCOCC2)C1. The minimum Gasteiger partial charge on any atom is -0.390 e. The van der Waals surface area contributed by atoms with E-state index < -0.39 is 6.10 Å². The lowest BCUT2D eigenvalue weighted by molar-refractivity contribution is -0.00611. The molecule has 0 saturated carbocycles. The predicted molar refractivity (Wildman–Crippen MR) is 91.2 cm³/mol. The fourth-order valence-electron chi connectivity index (χ4n) is 4.25. The van der Waals surface area contributed by atoms with Crippen molar-refractivity contribution in [3.05, 3.63) is 34.9 Å². The molecule has 24 heavy (non-hydrogen) atoms. The summed E-state index contributed by atoms with van der Waals surface area (Å²) in [6.45, 7) is 4.13. The molecule has 2 saturated heterocycles. The van der Waals surface area contributed by atoms with Crippen LogP contribution in [0, 0.1) is 0 Å². The number of benzene rings is 1. The minimum atomic E-state index is -0.468. The predicted octanol–water partition coefficient (Wildman–Crippen LogP) is 1.08. The van der Waals surface area contributed by atoms with Crippen molar-refractivity contribution in [2.45, 2.75) is 37.8 Å². The molecule has 1 aliphatic carbocycles. The van der Waals surface area contributed by atoms with E-state index in [9.17, 15) is 9.90 Å². The summed E-state index contributed by atoms with van der Waals surface area (Å²) in [5.41, 5.74) is 3.49. The fourth-order valence-corrected chi connectivity index (χ4v) is 4.25. The highest BCUT2D eigenvalue weighted by atomic mass is 16.5. The van der Waals surface area contributed by atoms with Crippen molar-refractivity contribution in [1.29, 1.82) is 0 Å². The molecule has 2 aliphatic heterocycles. The van der Waals surface area contributed by atoms with Gasteiger partial charge in [-0.1, -0.05) is 6.07 Å². The third-order valence-corrected chi connectivity index (χ3v) is 5.66. The maximum Gasteiger partial charge on any atom is 0.254 e. The van der Waals surface area contributed by atoms with Crippen LogP contribution in [0.4, 0.5) is 0 Å². The van der Waals surface area contributed by atoms with E-state index in [0.717, 1.165) is 31.5 Å². The molecule has 0 radical (unpaired) electrons. The minimum absolute atomic E-state index is 0.0375. The molecule has 1 N–H and O–H groups in total. The average molecular weight is 330 g/mol. The number of β-amino-alcohol motifs (C(OH)–C–C–N with tert-alkyl or cyclic N) is 1. The molecule has 0 bridgehead atoms. The summed E-state index contributed by atoms with van der Waals surface area (Å²) in [5.74, 6) is 0.0539. The van der Waals surface area contributed by atoms with E-state index in [-0.39, 0.29) is 11.9 Å². The molecule has 5 heteroatoms. The monoisotopic (exact) mass is 330 g/mol. The number of hydrogen-bond donors (Lipinski definition) is 1. The number of hydrogen-bond acceptors (Lipinski definition) is 4.